The number of hydrogen-bond donors (Lipinski definition) is 0. The van der Waals surface area contributed by atoms with Crippen molar-refractivity contribution in [3.8, 4) is 5.75 Å². The molecule has 0 aliphatic rings. The van der Waals surface area contributed by atoms with Crippen LogP contribution in [-0.4, -0.2) is 126 Å². The van der Waals surface area contributed by atoms with E-state index < -0.39 is 0 Å². The van der Waals surface area contributed by atoms with Crippen molar-refractivity contribution in [1.29, 1.82) is 0 Å². The van der Waals surface area contributed by atoms with Crippen molar-refractivity contribution in [2.45, 2.75) is 58.3 Å². The molecular weight excluding hydrogens is 592 g/mol. The van der Waals surface area contributed by atoms with Crippen LogP contribution in [0.2, 0.25) is 0 Å². The molecule has 0 saturated carbocycles. The average molecular weight is 657 g/mol. The Balaban J connectivity index is 1.71. The smallest absolute Gasteiger partial charge is 0.119 e. The Hall–Kier alpha value is -1.60. The lowest BCUT2D eigenvalue weighted by atomic mass is 10.0. The molecule has 0 amide bonds. The molecule has 0 N–H and O–H groups in total. The fraction of sp³-hybridized carbons (Fsp3) is 0.778. The highest BCUT2D eigenvalue weighted by Gasteiger charge is 1.99. The number of rotatable bonds is 38. The van der Waals surface area contributed by atoms with E-state index in [0.717, 1.165) is 12.2 Å². The SMILES string of the molecule is C=CCOCCOCCOCCOCCOCCOCCOCCOCCOCCOc1ccc(CCCCCCCCC)cc1. The zero-order valence-corrected chi connectivity index (χ0v) is 28.8. The fourth-order valence-electron chi connectivity index (χ4n) is 4.18. The average Bonchev–Trinajstić information content (AvgIpc) is 3.07. The van der Waals surface area contributed by atoms with Crippen molar-refractivity contribution in [3.63, 3.8) is 0 Å². The van der Waals surface area contributed by atoms with Gasteiger partial charge in [-0.2, -0.15) is 0 Å². The summed E-state index contributed by atoms with van der Waals surface area (Å²) in [5.41, 5.74) is 1.38. The Morgan fingerprint density at radius 3 is 1.17 bits per heavy atom. The maximum absolute atomic E-state index is 5.78. The Bertz CT molecular complexity index is 734. The number of ether oxygens (including phenoxy) is 10. The van der Waals surface area contributed by atoms with Crippen LogP contribution >= 0.6 is 0 Å². The molecule has 1 aromatic carbocycles. The van der Waals surface area contributed by atoms with Gasteiger partial charge >= 0.3 is 0 Å². The van der Waals surface area contributed by atoms with E-state index >= 15 is 0 Å². The van der Waals surface area contributed by atoms with Gasteiger partial charge in [0.2, 0.25) is 0 Å². The molecule has 0 saturated heterocycles. The van der Waals surface area contributed by atoms with Gasteiger partial charge in [0.25, 0.3) is 0 Å². The summed E-state index contributed by atoms with van der Waals surface area (Å²) in [6.45, 7) is 16.0. The van der Waals surface area contributed by atoms with Gasteiger partial charge in [-0.05, 0) is 30.5 Å². The molecule has 0 spiro atoms. The fourth-order valence-corrected chi connectivity index (χ4v) is 4.18. The minimum Gasteiger partial charge on any atom is -0.491 e. The Kier molecular flexibility index (Phi) is 33.4. The maximum atomic E-state index is 5.78. The summed E-state index contributed by atoms with van der Waals surface area (Å²) in [7, 11) is 0. The van der Waals surface area contributed by atoms with Crippen LogP contribution in [0.4, 0.5) is 0 Å². The number of unbranched alkanes of at least 4 members (excludes halogenated alkanes) is 6. The molecule has 10 heteroatoms. The summed E-state index contributed by atoms with van der Waals surface area (Å²) in [5.74, 6) is 0.889. The second-order valence-corrected chi connectivity index (χ2v) is 10.6. The van der Waals surface area contributed by atoms with Gasteiger partial charge < -0.3 is 47.4 Å². The van der Waals surface area contributed by atoms with E-state index in [4.69, 9.17) is 47.4 Å². The molecule has 46 heavy (non-hydrogen) atoms. The van der Waals surface area contributed by atoms with E-state index in [2.05, 4.69) is 37.8 Å². The van der Waals surface area contributed by atoms with E-state index in [9.17, 15) is 0 Å². The van der Waals surface area contributed by atoms with E-state index in [0.29, 0.717) is 126 Å². The molecule has 0 aliphatic carbocycles. The second-order valence-electron chi connectivity index (χ2n) is 10.6. The number of hydrogen-bond acceptors (Lipinski definition) is 10. The molecule has 0 atom stereocenters. The van der Waals surface area contributed by atoms with Crippen LogP contribution in [0.25, 0.3) is 0 Å². The van der Waals surface area contributed by atoms with Crippen molar-refractivity contribution in [1.82, 2.24) is 0 Å². The maximum Gasteiger partial charge on any atom is 0.119 e. The first-order valence-corrected chi connectivity index (χ1v) is 17.4. The lowest BCUT2D eigenvalue weighted by Gasteiger charge is -2.09. The Labute approximate surface area is 279 Å². The molecule has 0 fully saturated rings. The highest BCUT2D eigenvalue weighted by Crippen LogP contribution is 2.15. The summed E-state index contributed by atoms with van der Waals surface area (Å²) < 4.78 is 54.9. The highest BCUT2D eigenvalue weighted by atomic mass is 16.6. The molecule has 0 heterocycles. The van der Waals surface area contributed by atoms with E-state index in [-0.39, 0.29) is 0 Å². The van der Waals surface area contributed by atoms with E-state index in [1.54, 1.807) is 6.08 Å². The third kappa shape index (κ3) is 31.0. The van der Waals surface area contributed by atoms with Gasteiger partial charge in [-0.15, -0.1) is 6.58 Å². The summed E-state index contributed by atoms with van der Waals surface area (Å²) >= 11 is 0. The lowest BCUT2D eigenvalue weighted by molar-refractivity contribution is -0.0250. The van der Waals surface area contributed by atoms with Crippen molar-refractivity contribution in [2.75, 3.05) is 126 Å². The van der Waals surface area contributed by atoms with Gasteiger partial charge in [0.15, 0.2) is 0 Å². The monoisotopic (exact) mass is 656 g/mol. The lowest BCUT2D eigenvalue weighted by Crippen LogP contribution is -2.15. The zero-order chi connectivity index (χ0) is 32.9. The van der Waals surface area contributed by atoms with Gasteiger partial charge in [-0.25, -0.2) is 0 Å². The first kappa shape index (κ1) is 42.4. The van der Waals surface area contributed by atoms with Gasteiger partial charge in [0.1, 0.15) is 12.4 Å². The third-order valence-corrected chi connectivity index (χ3v) is 6.70. The third-order valence-electron chi connectivity index (χ3n) is 6.70. The minimum absolute atomic E-state index is 0.521. The normalized spacial score (nSPS) is 11.3. The summed E-state index contributed by atoms with van der Waals surface area (Å²) in [6.07, 6.45) is 12.2. The van der Waals surface area contributed by atoms with Gasteiger partial charge in [-0.3, -0.25) is 0 Å². The van der Waals surface area contributed by atoms with Crippen molar-refractivity contribution >= 4 is 0 Å². The van der Waals surface area contributed by atoms with Crippen LogP contribution in [-0.2, 0) is 49.1 Å². The molecule has 0 aromatic heterocycles. The first-order valence-electron chi connectivity index (χ1n) is 17.4. The molecule has 0 unspecified atom stereocenters. The molecule has 268 valence electrons. The molecule has 1 aromatic rings. The van der Waals surface area contributed by atoms with Crippen LogP contribution in [0.15, 0.2) is 36.9 Å². The van der Waals surface area contributed by atoms with Crippen molar-refractivity contribution in [2.24, 2.45) is 0 Å². The number of benzene rings is 1. The Morgan fingerprint density at radius 2 is 0.783 bits per heavy atom. The van der Waals surface area contributed by atoms with Crippen LogP contribution in [0.5, 0.6) is 5.75 Å². The predicted octanol–water partition coefficient (Wildman–Crippen LogP) is 5.69. The molecule has 10 nitrogen and oxygen atoms in total. The van der Waals surface area contributed by atoms with Gasteiger partial charge in [-0.1, -0.05) is 63.7 Å². The van der Waals surface area contributed by atoms with Gasteiger partial charge in [0.05, 0.1) is 119 Å². The van der Waals surface area contributed by atoms with Crippen molar-refractivity contribution in [3.05, 3.63) is 42.5 Å². The van der Waals surface area contributed by atoms with Gasteiger partial charge in [0, 0.05) is 0 Å². The molecule has 0 radical (unpaired) electrons. The van der Waals surface area contributed by atoms with Crippen LogP contribution in [0, 0.1) is 0 Å². The summed E-state index contributed by atoms with van der Waals surface area (Å²) in [5, 5.41) is 0. The standard InChI is InChI=1S/C36H64O10/c1-3-5-6-7-8-9-10-11-35-12-14-36(15-13-35)46-34-33-45-32-31-44-30-29-43-28-27-42-26-25-41-24-23-40-22-21-39-20-19-38-18-17-37-16-4-2/h4,12-15H,2-3,5-11,16-34H2,1H3. The second kappa shape index (κ2) is 36.2. The quantitative estimate of drug-likeness (QED) is 0.0653. The molecule has 1 rings (SSSR count). The molecular formula is C36H64O10. The van der Waals surface area contributed by atoms with Crippen LogP contribution < -0.4 is 4.74 Å². The highest BCUT2D eigenvalue weighted by molar-refractivity contribution is 5.27. The number of aryl methyl sites for hydroxylation is 1. The van der Waals surface area contributed by atoms with Crippen LogP contribution in [0.1, 0.15) is 57.4 Å². The largest absolute Gasteiger partial charge is 0.491 e. The molecule has 0 bridgehead atoms. The summed E-state index contributed by atoms with van der Waals surface area (Å²) in [6, 6.07) is 8.46. The van der Waals surface area contributed by atoms with E-state index in [1.165, 1.54) is 50.5 Å². The summed E-state index contributed by atoms with van der Waals surface area (Å²) in [4.78, 5) is 0. The topological polar surface area (TPSA) is 92.3 Å². The molecule has 0 aliphatic heterocycles. The zero-order valence-electron chi connectivity index (χ0n) is 28.8. The minimum atomic E-state index is 0.521. The van der Waals surface area contributed by atoms with E-state index in [1.807, 2.05) is 0 Å². The van der Waals surface area contributed by atoms with Crippen molar-refractivity contribution < 1.29 is 47.4 Å². The Morgan fingerprint density at radius 1 is 0.435 bits per heavy atom. The predicted molar refractivity (Wildman–Crippen MR) is 181 cm³/mol. The first-order chi connectivity index (χ1) is 22.9. The van der Waals surface area contributed by atoms with Crippen LogP contribution in [0.3, 0.4) is 0 Å².